The van der Waals surface area contributed by atoms with Crippen LogP contribution in [0.3, 0.4) is 0 Å². The summed E-state index contributed by atoms with van der Waals surface area (Å²) in [6.07, 6.45) is 2.08. The lowest BCUT2D eigenvalue weighted by atomic mass is 10.1. The van der Waals surface area contributed by atoms with Crippen molar-refractivity contribution in [2.75, 3.05) is 18.5 Å². The first-order valence-corrected chi connectivity index (χ1v) is 5.92. The molecule has 0 radical (unpaired) electrons. The van der Waals surface area contributed by atoms with Gasteiger partial charge in [0.05, 0.1) is 11.5 Å². The van der Waals surface area contributed by atoms with Crippen molar-refractivity contribution in [3.05, 3.63) is 16.4 Å². The zero-order chi connectivity index (χ0) is 13.5. The van der Waals surface area contributed by atoms with E-state index < -0.39 is 4.92 Å². The summed E-state index contributed by atoms with van der Waals surface area (Å²) in [6, 6.07) is 0. The van der Waals surface area contributed by atoms with Crippen molar-refractivity contribution in [2.45, 2.75) is 27.2 Å². The first-order valence-electron chi connectivity index (χ1n) is 5.92. The maximum absolute atomic E-state index is 11.0. The van der Waals surface area contributed by atoms with Gasteiger partial charge in [0.25, 0.3) is 5.88 Å². The van der Waals surface area contributed by atoms with E-state index in [9.17, 15) is 10.1 Å². The second-order valence-electron chi connectivity index (χ2n) is 4.19. The molecule has 0 saturated heterocycles. The van der Waals surface area contributed by atoms with Gasteiger partial charge in [-0.25, -0.2) is 4.98 Å². The quantitative estimate of drug-likeness (QED) is 0.592. The van der Waals surface area contributed by atoms with Gasteiger partial charge in [-0.1, -0.05) is 13.8 Å². The van der Waals surface area contributed by atoms with Crippen LogP contribution in [-0.4, -0.2) is 28.0 Å². The van der Waals surface area contributed by atoms with Crippen molar-refractivity contribution in [3.63, 3.8) is 0 Å². The van der Waals surface area contributed by atoms with Crippen molar-refractivity contribution in [1.29, 1.82) is 0 Å². The van der Waals surface area contributed by atoms with E-state index in [-0.39, 0.29) is 17.4 Å². The molecule has 0 spiro atoms. The molecule has 0 amide bonds. The Bertz CT molecular complexity index is 409. The van der Waals surface area contributed by atoms with Crippen LogP contribution >= 0.6 is 0 Å². The van der Waals surface area contributed by atoms with Gasteiger partial charge in [0.2, 0.25) is 5.82 Å². The molecular weight excluding hydrogens is 236 g/mol. The van der Waals surface area contributed by atoms with Crippen LogP contribution in [0, 0.1) is 16.0 Å². The van der Waals surface area contributed by atoms with Crippen molar-refractivity contribution in [2.24, 2.45) is 5.92 Å². The van der Waals surface area contributed by atoms with E-state index in [4.69, 9.17) is 4.74 Å². The molecule has 1 N–H and O–H groups in total. The predicted molar refractivity (Wildman–Crippen MR) is 67.8 cm³/mol. The highest BCUT2D eigenvalue weighted by atomic mass is 16.6. The van der Waals surface area contributed by atoms with Gasteiger partial charge in [-0.3, -0.25) is 10.1 Å². The molecule has 0 bridgehead atoms. The predicted octanol–water partition coefficient (Wildman–Crippen LogP) is 2.24. The summed E-state index contributed by atoms with van der Waals surface area (Å²) in [5, 5.41) is 13.8. The van der Waals surface area contributed by atoms with E-state index in [0.29, 0.717) is 19.1 Å². The van der Waals surface area contributed by atoms with E-state index >= 15 is 0 Å². The topological polar surface area (TPSA) is 90.2 Å². The number of hydrogen-bond acceptors (Lipinski definition) is 6. The largest absolute Gasteiger partial charge is 0.473 e. The molecule has 0 unspecified atom stereocenters. The number of rotatable bonds is 7. The Kier molecular flexibility index (Phi) is 5.29. The Morgan fingerprint density at radius 2 is 2.22 bits per heavy atom. The Morgan fingerprint density at radius 3 is 2.78 bits per heavy atom. The van der Waals surface area contributed by atoms with Crippen molar-refractivity contribution >= 4 is 11.5 Å². The summed E-state index contributed by atoms with van der Waals surface area (Å²) in [4.78, 5) is 18.2. The zero-order valence-corrected chi connectivity index (χ0v) is 10.8. The normalized spacial score (nSPS) is 10.4. The Labute approximate surface area is 106 Å². The maximum atomic E-state index is 11.0. The van der Waals surface area contributed by atoms with Crippen LogP contribution in [0.15, 0.2) is 6.33 Å². The minimum absolute atomic E-state index is 0.0200. The van der Waals surface area contributed by atoms with E-state index in [1.165, 1.54) is 6.33 Å². The van der Waals surface area contributed by atoms with Gasteiger partial charge in [-0.15, -0.1) is 0 Å². The molecule has 7 heteroatoms. The molecule has 0 atom stereocenters. The molecular formula is C11H18N4O3. The molecule has 1 heterocycles. The number of ether oxygens (including phenoxy) is 1. The molecule has 0 aliphatic heterocycles. The smallest absolute Gasteiger partial charge is 0.372 e. The fraction of sp³-hybridized carbons (Fsp3) is 0.636. The molecule has 18 heavy (non-hydrogen) atoms. The van der Waals surface area contributed by atoms with Crippen LogP contribution < -0.4 is 10.1 Å². The van der Waals surface area contributed by atoms with Crippen molar-refractivity contribution in [3.8, 4) is 5.88 Å². The highest BCUT2D eigenvalue weighted by molar-refractivity contribution is 5.60. The van der Waals surface area contributed by atoms with E-state index in [1.54, 1.807) is 0 Å². The van der Waals surface area contributed by atoms with Gasteiger partial charge in [0.1, 0.15) is 6.33 Å². The second-order valence-corrected chi connectivity index (χ2v) is 4.19. The molecule has 0 aliphatic rings. The summed E-state index contributed by atoms with van der Waals surface area (Å²) >= 11 is 0. The van der Waals surface area contributed by atoms with Gasteiger partial charge in [-0.05, 0) is 19.3 Å². The summed E-state index contributed by atoms with van der Waals surface area (Å²) in [7, 11) is 0. The van der Waals surface area contributed by atoms with Crippen LogP contribution in [-0.2, 0) is 0 Å². The number of anilines is 1. The third-order valence-corrected chi connectivity index (χ3v) is 2.25. The molecule has 0 aliphatic carbocycles. The van der Waals surface area contributed by atoms with Gasteiger partial charge in [0, 0.05) is 6.54 Å². The molecule has 0 saturated carbocycles. The van der Waals surface area contributed by atoms with Crippen molar-refractivity contribution < 1.29 is 9.66 Å². The minimum Gasteiger partial charge on any atom is -0.473 e. The van der Waals surface area contributed by atoms with Crippen molar-refractivity contribution in [1.82, 2.24) is 9.97 Å². The number of aromatic nitrogens is 2. The third-order valence-electron chi connectivity index (χ3n) is 2.25. The van der Waals surface area contributed by atoms with Crippen LogP contribution in [0.1, 0.15) is 27.2 Å². The van der Waals surface area contributed by atoms with Gasteiger partial charge in [-0.2, -0.15) is 4.98 Å². The monoisotopic (exact) mass is 254 g/mol. The lowest BCUT2D eigenvalue weighted by Gasteiger charge is -2.09. The molecule has 0 fully saturated rings. The SMILES string of the molecule is CCNc1ncnc(OCCC(C)C)c1[N+](=O)[O-]. The zero-order valence-electron chi connectivity index (χ0n) is 10.8. The molecule has 1 aromatic heterocycles. The fourth-order valence-electron chi connectivity index (χ4n) is 1.32. The number of nitrogens with one attached hydrogen (secondary N) is 1. The molecule has 1 aromatic rings. The summed E-state index contributed by atoms with van der Waals surface area (Å²) in [5.41, 5.74) is -0.205. The van der Waals surface area contributed by atoms with Gasteiger partial charge < -0.3 is 10.1 Å². The van der Waals surface area contributed by atoms with Gasteiger partial charge >= 0.3 is 5.69 Å². The number of nitrogens with zero attached hydrogens (tertiary/aromatic N) is 3. The number of nitro groups is 1. The Balaban J connectivity index is 2.88. The highest BCUT2D eigenvalue weighted by Crippen LogP contribution is 2.30. The molecule has 1 rings (SSSR count). The molecule has 100 valence electrons. The lowest BCUT2D eigenvalue weighted by Crippen LogP contribution is -2.09. The minimum atomic E-state index is -0.525. The van der Waals surface area contributed by atoms with Crippen LogP contribution in [0.2, 0.25) is 0 Å². The highest BCUT2D eigenvalue weighted by Gasteiger charge is 2.23. The summed E-state index contributed by atoms with van der Waals surface area (Å²) in [5.74, 6) is 0.683. The maximum Gasteiger partial charge on any atom is 0.372 e. The Morgan fingerprint density at radius 1 is 1.50 bits per heavy atom. The van der Waals surface area contributed by atoms with E-state index in [0.717, 1.165) is 6.42 Å². The second kappa shape index (κ2) is 6.73. The Hall–Kier alpha value is -1.92. The third kappa shape index (κ3) is 3.83. The number of hydrogen-bond donors (Lipinski definition) is 1. The average molecular weight is 254 g/mol. The van der Waals surface area contributed by atoms with Crippen LogP contribution in [0.5, 0.6) is 5.88 Å². The summed E-state index contributed by atoms with van der Waals surface area (Å²) in [6.45, 7) is 6.90. The fourth-order valence-corrected chi connectivity index (χ4v) is 1.32. The van der Waals surface area contributed by atoms with Crippen LogP contribution in [0.25, 0.3) is 0 Å². The first-order chi connectivity index (χ1) is 8.56. The van der Waals surface area contributed by atoms with E-state index in [1.807, 2.05) is 6.92 Å². The molecule has 0 aromatic carbocycles. The van der Waals surface area contributed by atoms with E-state index in [2.05, 4.69) is 29.1 Å². The summed E-state index contributed by atoms with van der Waals surface area (Å²) < 4.78 is 5.36. The van der Waals surface area contributed by atoms with Gasteiger partial charge in [0.15, 0.2) is 0 Å². The first kappa shape index (κ1) is 14.1. The van der Waals surface area contributed by atoms with Crippen LogP contribution in [0.4, 0.5) is 11.5 Å². The standard InChI is InChI=1S/C11H18N4O3/c1-4-12-10-9(15(16)17)11(14-7-13-10)18-6-5-8(2)3/h7-8H,4-6H2,1-3H3,(H,12,13,14). The lowest BCUT2D eigenvalue weighted by molar-refractivity contribution is -0.385. The average Bonchev–Trinajstić information content (AvgIpc) is 2.28. The molecule has 7 nitrogen and oxygen atoms in total.